The third kappa shape index (κ3) is 2.83. The summed E-state index contributed by atoms with van der Waals surface area (Å²) in [5.41, 5.74) is 10.8. The summed E-state index contributed by atoms with van der Waals surface area (Å²) in [5, 5.41) is 0. The first kappa shape index (κ1) is 12.1. The van der Waals surface area contributed by atoms with Gasteiger partial charge < -0.3 is 5.73 Å². The molecule has 0 amide bonds. The fourth-order valence-electron chi connectivity index (χ4n) is 1.79. The van der Waals surface area contributed by atoms with Gasteiger partial charge in [-0.2, -0.15) is 0 Å². The SMILES string of the molecule is Cc1ccccc1CSc1c(C)cccc1N. The summed E-state index contributed by atoms with van der Waals surface area (Å²) >= 11 is 1.82. The van der Waals surface area contributed by atoms with Gasteiger partial charge in [-0.05, 0) is 36.6 Å². The molecule has 2 aromatic rings. The second-order valence-electron chi connectivity index (χ2n) is 4.21. The molecule has 0 saturated heterocycles. The molecule has 0 aromatic heterocycles. The lowest BCUT2D eigenvalue weighted by Crippen LogP contribution is -1.92. The van der Waals surface area contributed by atoms with Crippen LogP contribution in [0.1, 0.15) is 16.7 Å². The molecule has 1 nitrogen and oxygen atoms in total. The molecular weight excluding hydrogens is 226 g/mol. The zero-order valence-electron chi connectivity index (χ0n) is 10.2. The molecule has 0 saturated carbocycles. The van der Waals surface area contributed by atoms with Gasteiger partial charge in [-0.3, -0.25) is 0 Å². The maximum absolute atomic E-state index is 6.00. The number of aryl methyl sites for hydroxylation is 2. The Morgan fingerprint density at radius 1 is 0.941 bits per heavy atom. The Labute approximate surface area is 107 Å². The van der Waals surface area contributed by atoms with E-state index in [-0.39, 0.29) is 0 Å². The predicted molar refractivity (Wildman–Crippen MR) is 76.3 cm³/mol. The Hall–Kier alpha value is -1.41. The van der Waals surface area contributed by atoms with Gasteiger partial charge in [-0.25, -0.2) is 0 Å². The molecule has 0 radical (unpaired) electrons. The van der Waals surface area contributed by atoms with Crippen LogP contribution in [0.25, 0.3) is 0 Å². The predicted octanol–water partition coefficient (Wildman–Crippen LogP) is 4.18. The number of hydrogen-bond donors (Lipinski definition) is 1. The molecule has 2 heteroatoms. The molecule has 17 heavy (non-hydrogen) atoms. The van der Waals surface area contributed by atoms with Crippen LogP contribution in [0, 0.1) is 13.8 Å². The third-order valence-electron chi connectivity index (χ3n) is 2.88. The average Bonchev–Trinajstić information content (AvgIpc) is 2.30. The van der Waals surface area contributed by atoms with Crippen molar-refractivity contribution in [1.29, 1.82) is 0 Å². The summed E-state index contributed by atoms with van der Waals surface area (Å²) in [5.74, 6) is 0.974. The maximum Gasteiger partial charge on any atom is 0.0455 e. The summed E-state index contributed by atoms with van der Waals surface area (Å²) in [7, 11) is 0. The van der Waals surface area contributed by atoms with E-state index in [1.165, 1.54) is 21.6 Å². The lowest BCUT2D eigenvalue weighted by atomic mass is 10.1. The van der Waals surface area contributed by atoms with Crippen LogP contribution in [-0.4, -0.2) is 0 Å². The molecule has 0 aliphatic heterocycles. The quantitative estimate of drug-likeness (QED) is 0.646. The first-order valence-electron chi connectivity index (χ1n) is 5.71. The van der Waals surface area contributed by atoms with Crippen molar-refractivity contribution in [1.82, 2.24) is 0 Å². The molecule has 0 heterocycles. The normalized spacial score (nSPS) is 10.5. The van der Waals surface area contributed by atoms with Gasteiger partial charge in [0.15, 0.2) is 0 Å². The number of benzene rings is 2. The van der Waals surface area contributed by atoms with Crippen LogP contribution < -0.4 is 5.73 Å². The summed E-state index contributed by atoms with van der Waals surface area (Å²) in [6.45, 7) is 4.26. The standard InChI is InChI=1S/C15H17NS/c1-11-6-3-4-8-13(11)10-17-15-12(2)7-5-9-14(15)16/h3-9H,10,16H2,1-2H3. The molecule has 88 valence electrons. The molecule has 2 aromatic carbocycles. The van der Waals surface area contributed by atoms with Crippen LogP contribution >= 0.6 is 11.8 Å². The number of rotatable bonds is 3. The maximum atomic E-state index is 6.00. The molecule has 0 fully saturated rings. The topological polar surface area (TPSA) is 26.0 Å². The Kier molecular flexibility index (Phi) is 3.75. The monoisotopic (exact) mass is 243 g/mol. The van der Waals surface area contributed by atoms with E-state index in [0.717, 1.165) is 11.4 Å². The van der Waals surface area contributed by atoms with E-state index >= 15 is 0 Å². The highest BCUT2D eigenvalue weighted by atomic mass is 32.2. The van der Waals surface area contributed by atoms with Crippen molar-refractivity contribution < 1.29 is 0 Å². The molecule has 0 spiro atoms. The van der Waals surface area contributed by atoms with Crippen molar-refractivity contribution in [2.24, 2.45) is 0 Å². The van der Waals surface area contributed by atoms with E-state index in [0.29, 0.717) is 0 Å². The van der Waals surface area contributed by atoms with Crippen molar-refractivity contribution in [2.75, 3.05) is 5.73 Å². The van der Waals surface area contributed by atoms with Gasteiger partial charge in [0.05, 0.1) is 0 Å². The lowest BCUT2D eigenvalue weighted by molar-refractivity contribution is 1.27. The third-order valence-corrected chi connectivity index (χ3v) is 4.18. The minimum atomic E-state index is 0.878. The second kappa shape index (κ2) is 5.28. The van der Waals surface area contributed by atoms with Gasteiger partial charge in [0.25, 0.3) is 0 Å². The number of hydrogen-bond acceptors (Lipinski definition) is 2. The van der Waals surface area contributed by atoms with Gasteiger partial charge in [0.1, 0.15) is 0 Å². The zero-order chi connectivity index (χ0) is 12.3. The smallest absolute Gasteiger partial charge is 0.0455 e. The van der Waals surface area contributed by atoms with Crippen LogP contribution in [0.3, 0.4) is 0 Å². The highest BCUT2D eigenvalue weighted by molar-refractivity contribution is 7.98. The fraction of sp³-hybridized carbons (Fsp3) is 0.200. The summed E-state index contributed by atoms with van der Waals surface area (Å²) in [6.07, 6.45) is 0. The lowest BCUT2D eigenvalue weighted by Gasteiger charge is -2.10. The van der Waals surface area contributed by atoms with E-state index in [1.807, 2.05) is 23.9 Å². The summed E-state index contributed by atoms with van der Waals surface area (Å²) in [6, 6.07) is 14.6. The van der Waals surface area contributed by atoms with E-state index in [2.05, 4.69) is 44.2 Å². The first-order valence-corrected chi connectivity index (χ1v) is 6.69. The van der Waals surface area contributed by atoms with Crippen LogP contribution in [0.4, 0.5) is 5.69 Å². The highest BCUT2D eigenvalue weighted by Crippen LogP contribution is 2.31. The van der Waals surface area contributed by atoms with E-state index in [1.54, 1.807) is 0 Å². The zero-order valence-corrected chi connectivity index (χ0v) is 11.1. The van der Waals surface area contributed by atoms with E-state index < -0.39 is 0 Å². The first-order chi connectivity index (χ1) is 8.18. The molecular formula is C15H17NS. The molecule has 0 unspecified atom stereocenters. The van der Waals surface area contributed by atoms with Crippen molar-refractivity contribution in [3.05, 3.63) is 59.2 Å². The van der Waals surface area contributed by atoms with Gasteiger partial charge in [-0.1, -0.05) is 36.4 Å². The summed E-state index contributed by atoms with van der Waals surface area (Å²) < 4.78 is 0. The van der Waals surface area contributed by atoms with Crippen molar-refractivity contribution in [3.63, 3.8) is 0 Å². The van der Waals surface area contributed by atoms with Crippen molar-refractivity contribution in [2.45, 2.75) is 24.5 Å². The van der Waals surface area contributed by atoms with E-state index in [9.17, 15) is 0 Å². The Morgan fingerprint density at radius 2 is 1.65 bits per heavy atom. The molecule has 0 bridgehead atoms. The van der Waals surface area contributed by atoms with Crippen molar-refractivity contribution >= 4 is 17.4 Å². The number of nitrogen functional groups attached to an aromatic ring is 1. The molecule has 2 N–H and O–H groups in total. The van der Waals surface area contributed by atoms with Crippen molar-refractivity contribution in [3.8, 4) is 0 Å². The Balaban J connectivity index is 2.16. The second-order valence-corrected chi connectivity index (χ2v) is 5.19. The number of thioether (sulfide) groups is 1. The van der Waals surface area contributed by atoms with Crippen LogP contribution in [-0.2, 0) is 5.75 Å². The number of nitrogens with two attached hydrogens (primary N) is 1. The molecule has 0 aliphatic carbocycles. The molecule has 0 aliphatic rings. The average molecular weight is 243 g/mol. The summed E-state index contributed by atoms with van der Waals surface area (Å²) in [4.78, 5) is 1.20. The van der Waals surface area contributed by atoms with Gasteiger partial charge in [-0.15, -0.1) is 11.8 Å². The van der Waals surface area contributed by atoms with Gasteiger partial charge >= 0.3 is 0 Å². The van der Waals surface area contributed by atoms with E-state index in [4.69, 9.17) is 5.73 Å². The fourth-order valence-corrected chi connectivity index (χ4v) is 2.95. The molecule has 2 rings (SSSR count). The van der Waals surface area contributed by atoms with Crippen LogP contribution in [0.2, 0.25) is 0 Å². The largest absolute Gasteiger partial charge is 0.398 e. The number of anilines is 1. The highest BCUT2D eigenvalue weighted by Gasteiger charge is 2.04. The van der Waals surface area contributed by atoms with Gasteiger partial charge in [0.2, 0.25) is 0 Å². The van der Waals surface area contributed by atoms with Gasteiger partial charge in [0, 0.05) is 16.3 Å². The Bertz CT molecular complexity index is 500. The minimum absolute atomic E-state index is 0.878. The van der Waals surface area contributed by atoms with Crippen LogP contribution in [0.5, 0.6) is 0 Å². The van der Waals surface area contributed by atoms with Crippen LogP contribution in [0.15, 0.2) is 47.4 Å². The Morgan fingerprint density at radius 3 is 2.35 bits per heavy atom. The molecule has 0 atom stereocenters. The minimum Gasteiger partial charge on any atom is -0.398 e.